The molecule has 1 aliphatic carbocycles. The molecule has 3 aliphatic rings. The second kappa shape index (κ2) is 11.8. The van der Waals surface area contributed by atoms with Gasteiger partial charge in [0.25, 0.3) is 0 Å². The SMILES string of the molecule is CN=C(NCCCC(=O)N1CCc2ccccc21)N1CCN(CC(=O)NC2CC2)CC1.I. The van der Waals surface area contributed by atoms with Crippen LogP contribution in [0.25, 0.3) is 0 Å². The van der Waals surface area contributed by atoms with Gasteiger partial charge >= 0.3 is 0 Å². The summed E-state index contributed by atoms with van der Waals surface area (Å²) >= 11 is 0. The molecule has 1 aromatic carbocycles. The first-order valence-corrected chi connectivity index (χ1v) is 11.5. The maximum Gasteiger partial charge on any atom is 0.234 e. The molecule has 0 radical (unpaired) electrons. The van der Waals surface area contributed by atoms with Gasteiger partial charge in [-0.15, -0.1) is 24.0 Å². The van der Waals surface area contributed by atoms with Crippen molar-refractivity contribution < 1.29 is 9.59 Å². The van der Waals surface area contributed by atoms with Gasteiger partial charge in [0.1, 0.15) is 0 Å². The molecule has 4 rings (SSSR count). The number of benzene rings is 1. The zero-order valence-corrected chi connectivity index (χ0v) is 21.2. The summed E-state index contributed by atoms with van der Waals surface area (Å²) in [7, 11) is 1.80. The number of hydrogen-bond acceptors (Lipinski definition) is 4. The molecule has 0 atom stereocenters. The van der Waals surface area contributed by atoms with E-state index in [1.54, 1.807) is 7.05 Å². The van der Waals surface area contributed by atoms with Gasteiger partial charge in [0, 0.05) is 64.5 Å². The minimum atomic E-state index is 0. The number of amides is 2. The van der Waals surface area contributed by atoms with Gasteiger partial charge < -0.3 is 20.4 Å². The first-order chi connectivity index (χ1) is 15.1. The molecule has 8 nitrogen and oxygen atoms in total. The normalized spacial score (nSPS) is 18.7. The van der Waals surface area contributed by atoms with Crippen LogP contribution in [0.15, 0.2) is 29.3 Å². The highest BCUT2D eigenvalue weighted by Gasteiger charge is 2.26. The van der Waals surface area contributed by atoms with Crippen LogP contribution < -0.4 is 15.5 Å². The zero-order chi connectivity index (χ0) is 21.6. The molecule has 176 valence electrons. The zero-order valence-electron chi connectivity index (χ0n) is 18.9. The highest BCUT2D eigenvalue weighted by molar-refractivity contribution is 14.0. The van der Waals surface area contributed by atoms with Gasteiger partial charge in [0.2, 0.25) is 11.8 Å². The number of rotatable bonds is 7. The fourth-order valence-electron chi connectivity index (χ4n) is 4.33. The van der Waals surface area contributed by atoms with Crippen LogP contribution in [0.3, 0.4) is 0 Å². The van der Waals surface area contributed by atoms with Crippen molar-refractivity contribution in [3.8, 4) is 0 Å². The molecule has 9 heteroatoms. The number of piperazine rings is 1. The van der Waals surface area contributed by atoms with E-state index in [1.165, 1.54) is 5.56 Å². The smallest absolute Gasteiger partial charge is 0.234 e. The van der Waals surface area contributed by atoms with Gasteiger partial charge in [-0.3, -0.25) is 19.5 Å². The second-order valence-corrected chi connectivity index (χ2v) is 8.61. The fraction of sp³-hybridized carbons (Fsp3) is 0.609. The molecule has 0 aromatic heterocycles. The van der Waals surface area contributed by atoms with Crippen molar-refractivity contribution in [3.05, 3.63) is 29.8 Å². The third-order valence-electron chi connectivity index (χ3n) is 6.23. The van der Waals surface area contributed by atoms with Gasteiger partial charge in [-0.05, 0) is 37.3 Å². The molecule has 2 N–H and O–H groups in total. The summed E-state index contributed by atoms with van der Waals surface area (Å²) in [5, 5.41) is 6.46. The summed E-state index contributed by atoms with van der Waals surface area (Å²) in [5.74, 6) is 1.21. The lowest BCUT2D eigenvalue weighted by atomic mass is 10.2. The summed E-state index contributed by atoms with van der Waals surface area (Å²) in [6.45, 7) is 5.39. The number of para-hydroxylation sites is 1. The van der Waals surface area contributed by atoms with Crippen molar-refractivity contribution in [3.63, 3.8) is 0 Å². The first-order valence-electron chi connectivity index (χ1n) is 11.5. The average Bonchev–Trinajstić information content (AvgIpc) is 3.48. The van der Waals surface area contributed by atoms with Crippen LogP contribution in [0.5, 0.6) is 0 Å². The molecule has 2 amide bonds. The molecule has 1 aromatic rings. The van der Waals surface area contributed by atoms with Gasteiger partial charge in [-0.1, -0.05) is 18.2 Å². The van der Waals surface area contributed by atoms with Crippen molar-refractivity contribution in [2.24, 2.45) is 4.99 Å². The van der Waals surface area contributed by atoms with Gasteiger partial charge in [-0.2, -0.15) is 0 Å². The largest absolute Gasteiger partial charge is 0.356 e. The van der Waals surface area contributed by atoms with Gasteiger partial charge in [0.15, 0.2) is 5.96 Å². The van der Waals surface area contributed by atoms with E-state index >= 15 is 0 Å². The van der Waals surface area contributed by atoms with Crippen LogP contribution in [0.2, 0.25) is 0 Å². The van der Waals surface area contributed by atoms with Crippen LogP contribution in [-0.2, 0) is 16.0 Å². The fourth-order valence-corrected chi connectivity index (χ4v) is 4.33. The van der Waals surface area contributed by atoms with E-state index in [0.29, 0.717) is 19.0 Å². The number of carbonyl (C=O) groups is 2. The summed E-state index contributed by atoms with van der Waals surface area (Å²) in [5.41, 5.74) is 2.33. The Morgan fingerprint density at radius 1 is 1.09 bits per heavy atom. The Balaban J connectivity index is 0.00000289. The Morgan fingerprint density at radius 3 is 2.56 bits per heavy atom. The Hall–Kier alpha value is -1.88. The van der Waals surface area contributed by atoms with Gasteiger partial charge in [0.05, 0.1) is 6.54 Å². The molecule has 0 unspecified atom stereocenters. The lowest BCUT2D eigenvalue weighted by Crippen LogP contribution is -2.54. The van der Waals surface area contributed by atoms with Crippen molar-refractivity contribution >= 4 is 47.4 Å². The third kappa shape index (κ3) is 6.57. The van der Waals surface area contributed by atoms with Crippen molar-refractivity contribution in [2.75, 3.05) is 57.8 Å². The predicted octanol–water partition coefficient (Wildman–Crippen LogP) is 1.45. The van der Waals surface area contributed by atoms with Crippen LogP contribution in [0.1, 0.15) is 31.2 Å². The number of anilines is 1. The first kappa shape index (κ1) is 24.8. The van der Waals surface area contributed by atoms with E-state index in [9.17, 15) is 9.59 Å². The van der Waals surface area contributed by atoms with E-state index in [4.69, 9.17) is 0 Å². The van der Waals surface area contributed by atoms with Crippen molar-refractivity contribution in [1.29, 1.82) is 0 Å². The molecule has 2 aliphatic heterocycles. The van der Waals surface area contributed by atoms with E-state index in [2.05, 4.69) is 31.5 Å². The number of halogens is 1. The molecule has 2 fully saturated rings. The van der Waals surface area contributed by atoms with E-state index < -0.39 is 0 Å². The summed E-state index contributed by atoms with van der Waals surface area (Å²) in [4.78, 5) is 35.4. The Labute approximate surface area is 207 Å². The third-order valence-corrected chi connectivity index (χ3v) is 6.23. The van der Waals surface area contributed by atoms with Crippen molar-refractivity contribution in [1.82, 2.24) is 20.4 Å². The van der Waals surface area contributed by atoms with E-state index in [0.717, 1.165) is 76.6 Å². The number of carbonyl (C=O) groups excluding carboxylic acids is 2. The number of fused-ring (bicyclic) bond motifs is 1. The lowest BCUT2D eigenvalue weighted by Gasteiger charge is -2.36. The number of guanidine groups is 1. The number of aliphatic imine (C=N–C) groups is 1. The summed E-state index contributed by atoms with van der Waals surface area (Å²) < 4.78 is 0. The standard InChI is InChI=1S/C23H34N6O2.HI/c1-24-23(28-15-13-27(14-16-28)17-21(30)26-19-8-9-19)25-11-4-7-22(31)29-12-10-18-5-2-3-6-20(18)29;/h2-3,5-6,19H,4,7-17H2,1H3,(H,24,25)(H,26,30);1H. The van der Waals surface area contributed by atoms with Gasteiger partial charge in [-0.25, -0.2) is 0 Å². The predicted molar refractivity (Wildman–Crippen MR) is 138 cm³/mol. The maximum absolute atomic E-state index is 12.6. The van der Waals surface area contributed by atoms with E-state index in [-0.39, 0.29) is 35.8 Å². The Kier molecular flexibility index (Phi) is 9.15. The minimum Gasteiger partial charge on any atom is -0.356 e. The molecular weight excluding hydrogens is 519 g/mol. The van der Waals surface area contributed by atoms with E-state index in [1.807, 2.05) is 23.1 Å². The topological polar surface area (TPSA) is 80.3 Å². The highest BCUT2D eigenvalue weighted by atomic mass is 127. The lowest BCUT2D eigenvalue weighted by molar-refractivity contribution is -0.122. The Bertz CT molecular complexity index is 820. The minimum absolute atomic E-state index is 0. The van der Waals surface area contributed by atoms with Crippen LogP contribution >= 0.6 is 24.0 Å². The molecule has 32 heavy (non-hydrogen) atoms. The van der Waals surface area contributed by atoms with Crippen LogP contribution in [0.4, 0.5) is 5.69 Å². The maximum atomic E-state index is 12.6. The molecule has 2 heterocycles. The Morgan fingerprint density at radius 2 is 1.84 bits per heavy atom. The van der Waals surface area contributed by atoms with Crippen molar-refractivity contribution in [2.45, 2.75) is 38.1 Å². The summed E-state index contributed by atoms with van der Waals surface area (Å²) in [6, 6.07) is 8.59. The molecule has 1 saturated heterocycles. The van der Waals surface area contributed by atoms with Crippen LogP contribution in [0, 0.1) is 0 Å². The summed E-state index contributed by atoms with van der Waals surface area (Å²) in [6.07, 6.45) is 4.50. The molecule has 0 spiro atoms. The monoisotopic (exact) mass is 554 g/mol. The van der Waals surface area contributed by atoms with Crippen LogP contribution in [-0.4, -0.2) is 86.5 Å². The average molecular weight is 554 g/mol. The highest BCUT2D eigenvalue weighted by Crippen LogP contribution is 2.28. The second-order valence-electron chi connectivity index (χ2n) is 8.61. The quantitative estimate of drug-likeness (QED) is 0.231. The number of nitrogens with zero attached hydrogens (tertiary/aromatic N) is 4. The molecular formula is C23H35IN6O2. The molecule has 0 bridgehead atoms. The number of nitrogens with one attached hydrogen (secondary N) is 2. The number of hydrogen-bond donors (Lipinski definition) is 2. The molecule has 1 saturated carbocycles.